The van der Waals surface area contributed by atoms with Crippen molar-refractivity contribution in [3.8, 4) is 0 Å². The second kappa shape index (κ2) is 6.40. The summed E-state index contributed by atoms with van der Waals surface area (Å²) in [5.41, 5.74) is 1.11. The van der Waals surface area contributed by atoms with Crippen LogP contribution in [0.2, 0.25) is 0 Å². The van der Waals surface area contributed by atoms with Crippen LogP contribution in [0.3, 0.4) is 0 Å². The zero-order valence-electron chi connectivity index (χ0n) is 10.1. The number of carbonyl (C=O) groups is 2. The lowest BCUT2D eigenvalue weighted by Crippen LogP contribution is -2.09. The van der Waals surface area contributed by atoms with Gasteiger partial charge in [0.15, 0.2) is 0 Å². The van der Waals surface area contributed by atoms with Crippen LogP contribution in [-0.2, 0) is 6.42 Å². The predicted octanol–water partition coefficient (Wildman–Crippen LogP) is 2.95. The fraction of sp³-hybridized carbons (Fsp3) is 0.385. The number of carboxylic acid groups (broad SMARTS) is 2. The maximum absolute atomic E-state index is 11.1. The molecular weight excluding hydrogens is 256 g/mol. The highest BCUT2D eigenvalue weighted by atomic mass is 35.5. The molecule has 98 valence electrons. The SMILES string of the molecule is Cc1c(C(=O)O)cc(CCCCCl)cc1C(=O)O. The Morgan fingerprint density at radius 2 is 1.61 bits per heavy atom. The number of rotatable bonds is 6. The molecule has 0 fully saturated rings. The van der Waals surface area contributed by atoms with Crippen molar-refractivity contribution >= 4 is 23.5 Å². The Morgan fingerprint density at radius 1 is 1.11 bits per heavy atom. The molecule has 1 aromatic rings. The van der Waals surface area contributed by atoms with E-state index in [0.717, 1.165) is 18.4 Å². The third kappa shape index (κ3) is 3.47. The Bertz CT molecular complexity index is 433. The molecule has 2 N–H and O–H groups in total. The molecule has 0 aliphatic heterocycles. The first-order valence-electron chi connectivity index (χ1n) is 5.63. The molecule has 0 aliphatic carbocycles. The van der Waals surface area contributed by atoms with Crippen LogP contribution in [0.5, 0.6) is 0 Å². The zero-order chi connectivity index (χ0) is 13.7. The van der Waals surface area contributed by atoms with Crippen LogP contribution in [0.25, 0.3) is 0 Å². The van der Waals surface area contributed by atoms with E-state index in [2.05, 4.69) is 0 Å². The Kier molecular flexibility index (Phi) is 5.16. The minimum atomic E-state index is -1.10. The highest BCUT2D eigenvalue weighted by Crippen LogP contribution is 2.19. The van der Waals surface area contributed by atoms with Gasteiger partial charge in [0.2, 0.25) is 0 Å². The van der Waals surface area contributed by atoms with E-state index in [-0.39, 0.29) is 16.7 Å². The van der Waals surface area contributed by atoms with Gasteiger partial charge < -0.3 is 10.2 Å². The number of aryl methyl sites for hydroxylation is 1. The Balaban J connectivity index is 3.12. The van der Waals surface area contributed by atoms with Crippen LogP contribution >= 0.6 is 11.6 Å². The van der Waals surface area contributed by atoms with E-state index in [1.807, 2.05) is 0 Å². The molecule has 1 rings (SSSR count). The number of halogens is 1. The molecule has 4 nitrogen and oxygen atoms in total. The zero-order valence-corrected chi connectivity index (χ0v) is 10.8. The molecule has 0 atom stereocenters. The van der Waals surface area contributed by atoms with Gasteiger partial charge in [0.1, 0.15) is 0 Å². The van der Waals surface area contributed by atoms with Crippen LogP contribution in [-0.4, -0.2) is 28.0 Å². The summed E-state index contributed by atoms with van der Waals surface area (Å²) in [5, 5.41) is 18.1. The molecule has 1 aromatic carbocycles. The van der Waals surface area contributed by atoms with Crippen LogP contribution in [0, 0.1) is 6.92 Å². The number of hydrogen-bond acceptors (Lipinski definition) is 2. The molecule has 0 radical (unpaired) electrons. The number of hydrogen-bond donors (Lipinski definition) is 2. The molecule has 0 aromatic heterocycles. The summed E-state index contributed by atoms with van der Waals surface area (Å²) in [6, 6.07) is 3.08. The molecule has 0 aliphatic rings. The lowest BCUT2D eigenvalue weighted by atomic mass is 9.96. The van der Waals surface area contributed by atoms with Crippen LogP contribution in [0.15, 0.2) is 12.1 Å². The molecule has 5 heteroatoms. The van der Waals surface area contributed by atoms with Crippen LogP contribution in [0.4, 0.5) is 0 Å². The second-order valence-electron chi connectivity index (χ2n) is 4.07. The smallest absolute Gasteiger partial charge is 0.335 e. The monoisotopic (exact) mass is 270 g/mol. The summed E-state index contributed by atoms with van der Waals surface area (Å²) < 4.78 is 0. The van der Waals surface area contributed by atoms with Gasteiger partial charge in [-0.2, -0.15) is 0 Å². The first-order chi connectivity index (χ1) is 8.47. The maximum Gasteiger partial charge on any atom is 0.335 e. The molecule has 0 bridgehead atoms. The summed E-state index contributed by atoms with van der Waals surface area (Å²) in [6.45, 7) is 1.51. The Hall–Kier alpha value is -1.55. The first-order valence-corrected chi connectivity index (χ1v) is 6.17. The Morgan fingerprint density at radius 3 is 2.00 bits per heavy atom. The van der Waals surface area contributed by atoms with Crippen LogP contribution in [0.1, 0.15) is 44.7 Å². The molecular formula is C13H15ClO4. The van der Waals surface area contributed by atoms with Crippen molar-refractivity contribution in [2.45, 2.75) is 26.2 Å². The van der Waals surface area contributed by atoms with E-state index in [0.29, 0.717) is 12.3 Å². The average molecular weight is 271 g/mol. The van der Waals surface area contributed by atoms with Crippen molar-refractivity contribution in [3.63, 3.8) is 0 Å². The first kappa shape index (κ1) is 14.5. The van der Waals surface area contributed by atoms with E-state index in [1.54, 1.807) is 12.1 Å². The third-order valence-electron chi connectivity index (χ3n) is 2.78. The summed E-state index contributed by atoms with van der Waals surface area (Å²) in [5.74, 6) is -1.66. The average Bonchev–Trinajstić information content (AvgIpc) is 2.30. The van der Waals surface area contributed by atoms with Gasteiger partial charge in [0, 0.05) is 5.88 Å². The van der Waals surface area contributed by atoms with E-state index >= 15 is 0 Å². The van der Waals surface area contributed by atoms with E-state index < -0.39 is 11.9 Å². The Labute approximate surface area is 110 Å². The molecule has 18 heavy (non-hydrogen) atoms. The van der Waals surface area contributed by atoms with Gasteiger partial charge in [0.25, 0.3) is 0 Å². The summed E-state index contributed by atoms with van der Waals surface area (Å²) in [7, 11) is 0. The van der Waals surface area contributed by atoms with Gasteiger partial charge in [-0.1, -0.05) is 0 Å². The second-order valence-corrected chi connectivity index (χ2v) is 4.45. The summed E-state index contributed by atoms with van der Waals surface area (Å²) in [6.07, 6.45) is 2.26. The van der Waals surface area contributed by atoms with Gasteiger partial charge in [0.05, 0.1) is 11.1 Å². The predicted molar refractivity (Wildman–Crippen MR) is 68.8 cm³/mol. The van der Waals surface area contributed by atoms with Crippen molar-refractivity contribution in [3.05, 3.63) is 34.4 Å². The van der Waals surface area contributed by atoms with Gasteiger partial charge in [-0.05, 0) is 49.4 Å². The normalized spacial score (nSPS) is 10.3. The van der Waals surface area contributed by atoms with Crippen molar-refractivity contribution in [2.75, 3.05) is 5.88 Å². The molecule has 0 spiro atoms. The molecule has 0 unspecified atom stereocenters. The van der Waals surface area contributed by atoms with E-state index in [4.69, 9.17) is 21.8 Å². The van der Waals surface area contributed by atoms with Crippen molar-refractivity contribution in [1.82, 2.24) is 0 Å². The quantitative estimate of drug-likeness (QED) is 0.616. The number of carboxylic acids is 2. The standard InChI is InChI=1S/C13H15ClO4/c1-8-10(12(15)16)6-9(4-2-3-5-14)7-11(8)13(17)18/h6-7H,2-5H2,1H3,(H,15,16)(H,17,18). The summed E-state index contributed by atoms with van der Waals surface area (Å²) in [4.78, 5) is 22.1. The third-order valence-corrected chi connectivity index (χ3v) is 3.04. The highest BCUT2D eigenvalue weighted by Gasteiger charge is 2.16. The highest BCUT2D eigenvalue weighted by molar-refractivity contribution is 6.17. The van der Waals surface area contributed by atoms with E-state index in [1.165, 1.54) is 6.92 Å². The lowest BCUT2D eigenvalue weighted by molar-refractivity contribution is 0.0696. The lowest BCUT2D eigenvalue weighted by Gasteiger charge is -2.09. The van der Waals surface area contributed by atoms with Crippen molar-refractivity contribution in [1.29, 1.82) is 0 Å². The van der Waals surface area contributed by atoms with Crippen LogP contribution < -0.4 is 0 Å². The molecule has 0 saturated carbocycles. The number of alkyl halides is 1. The molecule has 0 amide bonds. The largest absolute Gasteiger partial charge is 0.478 e. The molecule has 0 saturated heterocycles. The fourth-order valence-corrected chi connectivity index (χ4v) is 1.98. The number of unbranched alkanes of at least 4 members (excludes halogenated alkanes) is 1. The molecule has 0 heterocycles. The van der Waals surface area contributed by atoms with Crippen molar-refractivity contribution in [2.24, 2.45) is 0 Å². The van der Waals surface area contributed by atoms with Gasteiger partial charge in [-0.25, -0.2) is 9.59 Å². The van der Waals surface area contributed by atoms with Gasteiger partial charge in [-0.3, -0.25) is 0 Å². The fourth-order valence-electron chi connectivity index (χ4n) is 1.79. The minimum absolute atomic E-state index is 0.0516. The van der Waals surface area contributed by atoms with Gasteiger partial charge >= 0.3 is 11.9 Å². The van der Waals surface area contributed by atoms with Gasteiger partial charge in [-0.15, -0.1) is 11.6 Å². The summed E-state index contributed by atoms with van der Waals surface area (Å²) >= 11 is 5.57. The minimum Gasteiger partial charge on any atom is -0.478 e. The van der Waals surface area contributed by atoms with E-state index in [9.17, 15) is 9.59 Å². The topological polar surface area (TPSA) is 74.6 Å². The van der Waals surface area contributed by atoms with Crippen molar-refractivity contribution < 1.29 is 19.8 Å². The maximum atomic E-state index is 11.1. The number of benzene rings is 1. The number of aromatic carboxylic acids is 2.